The Bertz CT molecular complexity index is 517. The molecule has 0 N–H and O–H groups in total. The first-order chi connectivity index (χ1) is 9.68. The molecule has 5 heteroatoms. The van der Waals surface area contributed by atoms with Gasteiger partial charge in [-0.05, 0) is 18.9 Å². The highest BCUT2D eigenvalue weighted by molar-refractivity contribution is 8.00. The zero-order chi connectivity index (χ0) is 14.1. The molecule has 0 spiro atoms. The number of carbonyl (C=O) groups excluding carboxylic acids is 1. The monoisotopic (exact) mass is 329 g/mol. The first-order valence-electron chi connectivity index (χ1n) is 7.05. The number of nitrogens with zero attached hydrogens (tertiary/aromatic N) is 1. The SMILES string of the molecule is O=C1CSC(c2cccc(Cl)c2Cl)N1C1CCCCC1. The molecule has 1 heterocycles. The zero-order valence-electron chi connectivity index (χ0n) is 11.1. The Labute approximate surface area is 133 Å². The van der Waals surface area contributed by atoms with Crippen LogP contribution in [-0.2, 0) is 4.79 Å². The highest BCUT2D eigenvalue weighted by Crippen LogP contribution is 2.45. The predicted octanol–water partition coefficient (Wildman–Crippen LogP) is 4.90. The maximum atomic E-state index is 12.3. The average Bonchev–Trinajstić information content (AvgIpc) is 2.84. The van der Waals surface area contributed by atoms with E-state index in [2.05, 4.69) is 4.90 Å². The molecule has 3 rings (SSSR count). The number of carbonyl (C=O) groups is 1. The highest BCUT2D eigenvalue weighted by atomic mass is 35.5. The molecule has 1 aromatic carbocycles. The van der Waals surface area contributed by atoms with E-state index in [0.717, 1.165) is 18.4 Å². The van der Waals surface area contributed by atoms with Crippen LogP contribution in [0.3, 0.4) is 0 Å². The van der Waals surface area contributed by atoms with E-state index in [0.29, 0.717) is 21.8 Å². The highest BCUT2D eigenvalue weighted by Gasteiger charge is 2.39. The minimum atomic E-state index is 0.0248. The topological polar surface area (TPSA) is 20.3 Å². The van der Waals surface area contributed by atoms with Gasteiger partial charge >= 0.3 is 0 Å². The largest absolute Gasteiger partial charge is 0.323 e. The third-order valence-electron chi connectivity index (χ3n) is 4.12. The van der Waals surface area contributed by atoms with Gasteiger partial charge in [-0.25, -0.2) is 0 Å². The molecule has 1 amide bonds. The molecule has 1 unspecified atom stereocenters. The van der Waals surface area contributed by atoms with Gasteiger partial charge in [0, 0.05) is 11.6 Å². The lowest BCUT2D eigenvalue weighted by Gasteiger charge is -2.35. The number of benzene rings is 1. The molecule has 1 aliphatic carbocycles. The lowest BCUT2D eigenvalue weighted by Crippen LogP contribution is -2.39. The standard InChI is InChI=1S/C15H17Cl2NOS/c16-12-8-4-7-11(14(12)17)15-18(13(19)9-20-15)10-5-2-1-3-6-10/h4,7-8,10,15H,1-3,5-6,9H2. The number of amides is 1. The van der Waals surface area contributed by atoms with Crippen molar-refractivity contribution < 1.29 is 4.79 Å². The van der Waals surface area contributed by atoms with Gasteiger partial charge in [0.25, 0.3) is 0 Å². The molecule has 1 saturated carbocycles. The van der Waals surface area contributed by atoms with Crippen molar-refractivity contribution in [2.75, 3.05) is 5.75 Å². The molecule has 1 aromatic rings. The normalized spacial score (nSPS) is 24.4. The van der Waals surface area contributed by atoms with Crippen LogP contribution in [0.15, 0.2) is 18.2 Å². The van der Waals surface area contributed by atoms with Crippen molar-refractivity contribution in [3.63, 3.8) is 0 Å². The molecule has 0 aromatic heterocycles. The summed E-state index contributed by atoms with van der Waals surface area (Å²) in [5.74, 6) is 0.784. The second-order valence-electron chi connectivity index (χ2n) is 5.40. The average molecular weight is 330 g/mol. The van der Waals surface area contributed by atoms with E-state index in [4.69, 9.17) is 23.2 Å². The second kappa shape index (κ2) is 6.17. The zero-order valence-corrected chi connectivity index (χ0v) is 13.5. The molecule has 20 heavy (non-hydrogen) atoms. The van der Waals surface area contributed by atoms with Crippen LogP contribution in [0.2, 0.25) is 10.0 Å². The van der Waals surface area contributed by atoms with Crippen LogP contribution in [0.5, 0.6) is 0 Å². The van der Waals surface area contributed by atoms with E-state index in [-0.39, 0.29) is 11.3 Å². The molecule has 1 aliphatic heterocycles. The second-order valence-corrected chi connectivity index (χ2v) is 7.25. The molecule has 1 atom stereocenters. The molecule has 2 aliphatic rings. The van der Waals surface area contributed by atoms with E-state index in [1.807, 2.05) is 12.1 Å². The lowest BCUT2D eigenvalue weighted by molar-refractivity contribution is -0.131. The predicted molar refractivity (Wildman–Crippen MR) is 85.4 cm³/mol. The van der Waals surface area contributed by atoms with Gasteiger partial charge in [-0.3, -0.25) is 4.79 Å². The fourth-order valence-electron chi connectivity index (χ4n) is 3.14. The van der Waals surface area contributed by atoms with Gasteiger partial charge in [0.1, 0.15) is 5.37 Å². The van der Waals surface area contributed by atoms with E-state index < -0.39 is 0 Å². The molecule has 0 bridgehead atoms. The van der Waals surface area contributed by atoms with Crippen molar-refractivity contribution in [1.29, 1.82) is 0 Å². The first-order valence-corrected chi connectivity index (χ1v) is 8.85. The van der Waals surface area contributed by atoms with Crippen LogP contribution in [-0.4, -0.2) is 22.6 Å². The number of thioether (sulfide) groups is 1. The van der Waals surface area contributed by atoms with E-state index in [1.165, 1.54) is 19.3 Å². The van der Waals surface area contributed by atoms with Gasteiger partial charge < -0.3 is 4.90 Å². The maximum Gasteiger partial charge on any atom is 0.234 e. The van der Waals surface area contributed by atoms with Crippen LogP contribution in [0.1, 0.15) is 43.0 Å². The van der Waals surface area contributed by atoms with Crippen molar-refractivity contribution in [2.24, 2.45) is 0 Å². The van der Waals surface area contributed by atoms with Crippen molar-refractivity contribution in [1.82, 2.24) is 4.90 Å². The number of hydrogen-bond donors (Lipinski definition) is 0. The van der Waals surface area contributed by atoms with Crippen LogP contribution >= 0.6 is 35.0 Å². The fraction of sp³-hybridized carbons (Fsp3) is 0.533. The van der Waals surface area contributed by atoms with E-state index in [1.54, 1.807) is 17.8 Å². The Morgan fingerprint density at radius 2 is 1.90 bits per heavy atom. The van der Waals surface area contributed by atoms with Gasteiger partial charge in [0.2, 0.25) is 5.91 Å². The molecule has 2 fully saturated rings. The first kappa shape index (κ1) is 14.6. The Balaban J connectivity index is 1.91. The van der Waals surface area contributed by atoms with Crippen LogP contribution < -0.4 is 0 Å². The summed E-state index contributed by atoms with van der Waals surface area (Å²) in [5, 5.41) is 1.17. The van der Waals surface area contributed by atoms with Gasteiger partial charge in [-0.15, -0.1) is 11.8 Å². The van der Waals surface area contributed by atoms with Crippen molar-refractivity contribution in [3.05, 3.63) is 33.8 Å². The van der Waals surface area contributed by atoms with Gasteiger partial charge in [-0.2, -0.15) is 0 Å². The molecule has 108 valence electrons. The van der Waals surface area contributed by atoms with Crippen LogP contribution in [0, 0.1) is 0 Å². The van der Waals surface area contributed by atoms with Crippen molar-refractivity contribution in [2.45, 2.75) is 43.5 Å². The van der Waals surface area contributed by atoms with Gasteiger partial charge in [0.15, 0.2) is 0 Å². The third-order valence-corrected chi connectivity index (χ3v) is 6.16. The Morgan fingerprint density at radius 3 is 2.65 bits per heavy atom. The van der Waals surface area contributed by atoms with Crippen LogP contribution in [0.25, 0.3) is 0 Å². The maximum absolute atomic E-state index is 12.3. The summed E-state index contributed by atoms with van der Waals surface area (Å²) >= 11 is 14.1. The van der Waals surface area contributed by atoms with Gasteiger partial charge in [0.05, 0.1) is 15.8 Å². The molecule has 2 nitrogen and oxygen atoms in total. The third kappa shape index (κ3) is 2.68. The summed E-state index contributed by atoms with van der Waals surface area (Å²) in [6.07, 6.45) is 5.94. The Morgan fingerprint density at radius 1 is 1.15 bits per heavy atom. The fourth-order valence-corrected chi connectivity index (χ4v) is 4.89. The summed E-state index contributed by atoms with van der Waals surface area (Å²) in [7, 11) is 0. The Kier molecular flexibility index (Phi) is 4.49. The number of hydrogen-bond acceptors (Lipinski definition) is 2. The summed E-state index contributed by atoms with van der Waals surface area (Å²) in [4.78, 5) is 14.3. The summed E-state index contributed by atoms with van der Waals surface area (Å²) in [5.41, 5.74) is 0.973. The molecular weight excluding hydrogens is 313 g/mol. The van der Waals surface area contributed by atoms with Crippen molar-refractivity contribution >= 4 is 40.9 Å². The minimum absolute atomic E-state index is 0.0248. The minimum Gasteiger partial charge on any atom is -0.323 e. The summed E-state index contributed by atoms with van der Waals surface area (Å²) in [6, 6.07) is 6.05. The smallest absolute Gasteiger partial charge is 0.234 e. The quantitative estimate of drug-likeness (QED) is 0.769. The van der Waals surface area contributed by atoms with E-state index in [9.17, 15) is 4.79 Å². The Hall–Kier alpha value is -0.380. The lowest BCUT2D eigenvalue weighted by atomic mass is 9.93. The molecule has 0 radical (unpaired) electrons. The van der Waals surface area contributed by atoms with Crippen LogP contribution in [0.4, 0.5) is 0 Å². The molecule has 1 saturated heterocycles. The van der Waals surface area contributed by atoms with E-state index >= 15 is 0 Å². The van der Waals surface area contributed by atoms with Crippen molar-refractivity contribution in [3.8, 4) is 0 Å². The summed E-state index contributed by atoms with van der Waals surface area (Å²) in [6.45, 7) is 0. The number of halogens is 2. The molecular formula is C15H17Cl2NOS. The van der Waals surface area contributed by atoms with Gasteiger partial charge in [-0.1, -0.05) is 54.6 Å². The number of rotatable bonds is 2. The summed E-state index contributed by atoms with van der Waals surface area (Å²) < 4.78 is 0.